The molecule has 0 aliphatic carbocycles. The van der Waals surface area contributed by atoms with Gasteiger partial charge in [0.1, 0.15) is 22.6 Å². The summed E-state index contributed by atoms with van der Waals surface area (Å²) in [5.41, 5.74) is -3.04. The summed E-state index contributed by atoms with van der Waals surface area (Å²) in [5.74, 6) is 5.69. The molecule has 4 atom stereocenters. The van der Waals surface area contributed by atoms with Crippen LogP contribution >= 0.6 is 11.8 Å². The van der Waals surface area contributed by atoms with E-state index < -0.39 is 23.8 Å². The Morgan fingerprint density at radius 2 is 2.12 bits per heavy atom. The number of hydrogen-bond donors (Lipinski definition) is 4. The van der Waals surface area contributed by atoms with Crippen LogP contribution in [0.1, 0.15) is 22.5 Å². The third-order valence-electron chi connectivity index (χ3n) is 6.80. The SMILES string of the molecule is CNC(=O)c1ccc(NCC#Cc2nc3c(N[C@H]4C[C@@H]5COC[C@@H](N5)[C@H]4F)cccn3c2SC(F)(F)F)c(OC)c1. The third kappa shape index (κ3) is 6.47. The number of morpholine rings is 1. The van der Waals surface area contributed by atoms with Crippen LogP contribution in [-0.2, 0) is 4.74 Å². The van der Waals surface area contributed by atoms with E-state index in [1.54, 1.807) is 30.3 Å². The molecule has 41 heavy (non-hydrogen) atoms. The molecule has 2 fully saturated rings. The molecule has 1 aromatic carbocycles. The number of hydrogen-bond acceptors (Lipinski definition) is 8. The lowest BCUT2D eigenvalue weighted by molar-refractivity contribution is -0.0330. The number of benzene rings is 1. The van der Waals surface area contributed by atoms with E-state index in [0.717, 1.165) is 0 Å². The molecular formula is C27H28F4N6O3S. The molecule has 9 nitrogen and oxygen atoms in total. The van der Waals surface area contributed by atoms with Gasteiger partial charge in [-0.2, -0.15) is 13.2 Å². The highest BCUT2D eigenvalue weighted by Gasteiger charge is 2.41. The van der Waals surface area contributed by atoms with Gasteiger partial charge in [0, 0.05) is 36.6 Å². The zero-order valence-electron chi connectivity index (χ0n) is 22.1. The van der Waals surface area contributed by atoms with E-state index in [1.807, 2.05) is 0 Å². The number of amides is 1. The van der Waals surface area contributed by atoms with Crippen LogP contribution in [0.2, 0.25) is 0 Å². The van der Waals surface area contributed by atoms with Crippen molar-refractivity contribution in [2.24, 2.45) is 0 Å². The van der Waals surface area contributed by atoms with E-state index in [9.17, 15) is 18.0 Å². The number of methoxy groups -OCH3 is 1. The highest BCUT2D eigenvalue weighted by atomic mass is 32.2. The van der Waals surface area contributed by atoms with Gasteiger partial charge in [-0.05, 0) is 42.7 Å². The van der Waals surface area contributed by atoms with Gasteiger partial charge in [-0.15, -0.1) is 0 Å². The number of carbonyl (C=O) groups is 1. The van der Waals surface area contributed by atoms with E-state index in [0.29, 0.717) is 35.7 Å². The Labute approximate surface area is 237 Å². The fourth-order valence-corrected chi connectivity index (χ4v) is 5.61. The van der Waals surface area contributed by atoms with Gasteiger partial charge in [0.2, 0.25) is 0 Å². The number of fused-ring (bicyclic) bond motifs is 3. The number of pyridine rings is 1. The Morgan fingerprint density at radius 1 is 1.29 bits per heavy atom. The van der Waals surface area contributed by atoms with Crippen LogP contribution in [0.4, 0.5) is 28.9 Å². The first kappa shape index (κ1) is 28.8. The molecule has 0 saturated carbocycles. The van der Waals surface area contributed by atoms with Crippen LogP contribution in [0.3, 0.4) is 0 Å². The normalized spacial score (nSPS) is 22.0. The van der Waals surface area contributed by atoms with Crippen molar-refractivity contribution in [2.75, 3.05) is 44.5 Å². The monoisotopic (exact) mass is 592 g/mol. The number of halogens is 4. The molecule has 218 valence electrons. The van der Waals surface area contributed by atoms with Gasteiger partial charge in [-0.1, -0.05) is 5.92 Å². The number of alkyl halides is 4. The van der Waals surface area contributed by atoms with Gasteiger partial charge in [0.05, 0.1) is 50.3 Å². The fraction of sp³-hybridized carbons (Fsp3) is 0.407. The highest BCUT2D eigenvalue weighted by molar-refractivity contribution is 8.00. The predicted octanol–water partition coefficient (Wildman–Crippen LogP) is 3.66. The summed E-state index contributed by atoms with van der Waals surface area (Å²) in [5, 5.41) is 11.8. The average Bonchev–Trinajstić information content (AvgIpc) is 3.30. The molecule has 1 amide bonds. The van der Waals surface area contributed by atoms with Crippen LogP contribution in [-0.4, -0.2) is 79.0 Å². The highest BCUT2D eigenvalue weighted by Crippen LogP contribution is 2.40. The van der Waals surface area contributed by atoms with Crippen LogP contribution in [0, 0.1) is 11.8 Å². The predicted molar refractivity (Wildman–Crippen MR) is 147 cm³/mol. The van der Waals surface area contributed by atoms with Crippen LogP contribution < -0.4 is 26.0 Å². The second kappa shape index (κ2) is 12.1. The number of thioether (sulfide) groups is 1. The maximum absolute atomic E-state index is 15.1. The standard InChI is InChI=1S/C27H28F4N6O3S/c1-32-25(38)15-7-8-17(22(11-15)39-2)33-9-3-5-19-26(41-27(29,30)31)37-10-4-6-18(24(37)36-19)35-20-12-16-13-40-14-21(34-16)23(20)28/h4,6-8,10-11,16,20-21,23,33-35H,9,12-14H2,1-2H3,(H,32,38)/t16-,20+,21-,23+/m1/s1. The van der Waals surface area contributed by atoms with Crippen molar-refractivity contribution in [1.82, 2.24) is 20.0 Å². The molecule has 0 spiro atoms. The molecule has 2 aliphatic rings. The maximum Gasteiger partial charge on any atom is 0.447 e. The van der Waals surface area contributed by atoms with Crippen molar-refractivity contribution in [3.63, 3.8) is 0 Å². The molecule has 0 unspecified atom stereocenters. The molecule has 2 bridgehead atoms. The molecule has 14 heteroatoms. The van der Waals surface area contributed by atoms with Crippen molar-refractivity contribution >= 4 is 34.7 Å². The quantitative estimate of drug-likeness (QED) is 0.188. The van der Waals surface area contributed by atoms with E-state index >= 15 is 4.39 Å². The number of ether oxygens (including phenoxy) is 2. The molecule has 2 aromatic heterocycles. The zero-order valence-corrected chi connectivity index (χ0v) is 23.0. The summed E-state index contributed by atoms with van der Waals surface area (Å²) < 4.78 is 67.8. The van der Waals surface area contributed by atoms with Gasteiger partial charge >= 0.3 is 5.51 Å². The first-order valence-corrected chi connectivity index (χ1v) is 13.6. The van der Waals surface area contributed by atoms with Crippen molar-refractivity contribution < 1.29 is 31.8 Å². The summed E-state index contributed by atoms with van der Waals surface area (Å²) in [7, 11) is 2.98. The molecule has 2 aliphatic heterocycles. The van der Waals surface area contributed by atoms with Gasteiger partial charge in [-0.25, -0.2) is 9.37 Å². The van der Waals surface area contributed by atoms with E-state index in [-0.39, 0.29) is 53.2 Å². The summed E-state index contributed by atoms with van der Waals surface area (Å²) in [6, 6.07) is 7.05. The summed E-state index contributed by atoms with van der Waals surface area (Å²) in [6.45, 7) is 0.793. The number of carbonyl (C=O) groups excluding carboxylic acids is 1. The Morgan fingerprint density at radius 3 is 2.88 bits per heavy atom. The second-order valence-corrected chi connectivity index (χ2v) is 10.6. The topological polar surface area (TPSA) is 101 Å². The Balaban J connectivity index is 1.40. The largest absolute Gasteiger partial charge is 0.495 e. The van der Waals surface area contributed by atoms with Crippen LogP contribution in [0.5, 0.6) is 5.75 Å². The number of rotatable bonds is 7. The van der Waals surface area contributed by atoms with Crippen LogP contribution in [0.15, 0.2) is 41.6 Å². The van der Waals surface area contributed by atoms with Gasteiger partial charge in [0.15, 0.2) is 5.65 Å². The third-order valence-corrected chi connectivity index (χ3v) is 7.61. The van der Waals surface area contributed by atoms with E-state index in [4.69, 9.17) is 9.47 Å². The lowest BCUT2D eigenvalue weighted by Crippen LogP contribution is -2.63. The number of nitrogens with one attached hydrogen (secondary N) is 4. The van der Waals surface area contributed by atoms with E-state index in [2.05, 4.69) is 38.1 Å². The summed E-state index contributed by atoms with van der Waals surface area (Å²) in [4.78, 5) is 16.3. The summed E-state index contributed by atoms with van der Waals surface area (Å²) in [6.07, 6.45) is 0.677. The Bertz CT molecular complexity index is 1490. The Kier molecular flexibility index (Phi) is 8.48. The molecule has 4 N–H and O–H groups in total. The average molecular weight is 593 g/mol. The lowest BCUT2D eigenvalue weighted by atomic mass is 9.90. The number of nitrogens with zero attached hydrogens (tertiary/aromatic N) is 2. The van der Waals surface area contributed by atoms with E-state index in [1.165, 1.54) is 24.8 Å². The van der Waals surface area contributed by atoms with Gasteiger partial charge in [0.25, 0.3) is 5.91 Å². The number of aromatic nitrogens is 2. The number of piperidine rings is 1. The second-order valence-electron chi connectivity index (χ2n) is 9.52. The molecule has 5 rings (SSSR count). The molecular weight excluding hydrogens is 564 g/mol. The lowest BCUT2D eigenvalue weighted by Gasteiger charge is -2.42. The maximum atomic E-state index is 15.1. The summed E-state index contributed by atoms with van der Waals surface area (Å²) >= 11 is -0.309. The zero-order chi connectivity index (χ0) is 29.1. The minimum absolute atomic E-state index is 0.0124. The minimum atomic E-state index is -4.58. The molecule has 2 saturated heterocycles. The van der Waals surface area contributed by atoms with Gasteiger partial charge < -0.3 is 30.7 Å². The van der Waals surface area contributed by atoms with Crippen molar-refractivity contribution in [3.05, 3.63) is 47.8 Å². The fourth-order valence-electron chi connectivity index (χ4n) is 4.95. The molecule has 0 radical (unpaired) electrons. The van der Waals surface area contributed by atoms with Gasteiger partial charge in [-0.3, -0.25) is 9.20 Å². The molecule has 3 aromatic rings. The number of anilines is 2. The smallest absolute Gasteiger partial charge is 0.447 e. The minimum Gasteiger partial charge on any atom is -0.495 e. The first-order valence-electron chi connectivity index (χ1n) is 12.8. The first-order chi connectivity index (χ1) is 19.7. The van der Waals surface area contributed by atoms with Crippen molar-refractivity contribution in [3.8, 4) is 17.6 Å². The molecule has 4 heterocycles. The van der Waals surface area contributed by atoms with Crippen LogP contribution in [0.25, 0.3) is 5.65 Å². The van der Waals surface area contributed by atoms with Crippen molar-refractivity contribution in [2.45, 2.75) is 41.3 Å². The Hall–Kier alpha value is -3.67. The number of imidazole rings is 1. The van der Waals surface area contributed by atoms with Crippen molar-refractivity contribution in [1.29, 1.82) is 0 Å².